The van der Waals surface area contributed by atoms with Crippen LogP contribution in [0.3, 0.4) is 0 Å². The first kappa shape index (κ1) is 25.4. The molecule has 0 unspecified atom stereocenters. The van der Waals surface area contributed by atoms with Crippen molar-refractivity contribution in [3.05, 3.63) is 70.5 Å². The van der Waals surface area contributed by atoms with Crippen LogP contribution < -0.4 is 33.2 Å². The first-order valence-corrected chi connectivity index (χ1v) is 11.2. The highest BCUT2D eigenvalue weighted by Crippen LogP contribution is 2.42. The molecular weight excluding hydrogens is 480 g/mol. The maximum absolute atomic E-state index is 13.1. The molecule has 0 radical (unpaired) electrons. The molecule has 0 amide bonds. The Morgan fingerprint density at radius 2 is 1.35 bits per heavy atom. The zero-order chi connectivity index (χ0) is 26.7. The summed E-state index contributed by atoms with van der Waals surface area (Å²) < 4.78 is 38.3. The topological polar surface area (TPSA) is 98.8 Å². The molecule has 0 saturated carbocycles. The van der Waals surface area contributed by atoms with Gasteiger partial charge in [-0.2, -0.15) is 0 Å². The van der Waals surface area contributed by atoms with Crippen LogP contribution in [0.2, 0.25) is 0 Å². The third kappa shape index (κ3) is 4.63. The molecule has 1 aliphatic rings. The molecule has 0 fully saturated rings. The number of benzene rings is 3. The Morgan fingerprint density at radius 1 is 0.757 bits per heavy atom. The van der Waals surface area contributed by atoms with Gasteiger partial charge in [-0.25, -0.2) is 4.79 Å². The van der Waals surface area contributed by atoms with Gasteiger partial charge in [0.05, 0.1) is 41.1 Å². The van der Waals surface area contributed by atoms with E-state index in [0.717, 1.165) is 0 Å². The highest BCUT2D eigenvalue weighted by molar-refractivity contribution is 6.15. The number of hydrogen-bond acceptors (Lipinski definition) is 9. The van der Waals surface area contributed by atoms with E-state index < -0.39 is 5.97 Å². The van der Waals surface area contributed by atoms with Crippen LogP contribution in [0.15, 0.2) is 48.2 Å². The van der Waals surface area contributed by atoms with Crippen LogP contribution in [-0.4, -0.2) is 47.3 Å². The van der Waals surface area contributed by atoms with E-state index >= 15 is 0 Å². The van der Waals surface area contributed by atoms with E-state index in [2.05, 4.69) is 0 Å². The predicted octanol–water partition coefficient (Wildman–Crippen LogP) is 4.87. The molecule has 0 spiro atoms. The minimum absolute atomic E-state index is 0.0819. The van der Waals surface area contributed by atoms with Crippen molar-refractivity contribution in [1.29, 1.82) is 0 Å². The summed E-state index contributed by atoms with van der Waals surface area (Å²) in [6.45, 7) is 1.70. The zero-order valence-electron chi connectivity index (χ0n) is 21.3. The lowest BCUT2D eigenvalue weighted by atomic mass is 10.1. The molecule has 0 atom stereocenters. The largest absolute Gasteiger partial charge is 0.496 e. The SMILES string of the molecule is COc1cc(OC)c(OC)cc1/C=C1\Oc2c(ccc(OC(=O)c3c(OC)cccc3OC)c2C)C1=O. The third-order valence-corrected chi connectivity index (χ3v) is 5.89. The first-order valence-electron chi connectivity index (χ1n) is 11.2. The molecule has 9 nitrogen and oxygen atoms in total. The highest BCUT2D eigenvalue weighted by atomic mass is 16.5. The second-order valence-electron chi connectivity index (χ2n) is 7.88. The summed E-state index contributed by atoms with van der Waals surface area (Å²) in [7, 11) is 7.45. The number of rotatable bonds is 8. The van der Waals surface area contributed by atoms with Crippen molar-refractivity contribution in [2.24, 2.45) is 0 Å². The summed E-state index contributed by atoms with van der Waals surface area (Å²) in [5.41, 5.74) is 1.53. The highest BCUT2D eigenvalue weighted by Gasteiger charge is 2.31. The monoisotopic (exact) mass is 506 g/mol. The number of ether oxygens (including phenoxy) is 7. The molecule has 0 aliphatic carbocycles. The molecule has 0 saturated heterocycles. The molecule has 3 aromatic carbocycles. The molecular formula is C28H26O9. The fourth-order valence-corrected chi connectivity index (χ4v) is 3.99. The maximum atomic E-state index is 13.1. The molecule has 0 aromatic heterocycles. The van der Waals surface area contributed by atoms with Crippen LogP contribution in [0.1, 0.15) is 31.8 Å². The van der Waals surface area contributed by atoms with Crippen molar-refractivity contribution in [3.63, 3.8) is 0 Å². The Kier molecular flexibility index (Phi) is 7.24. The minimum atomic E-state index is -0.674. The fraction of sp³-hybridized carbons (Fsp3) is 0.214. The Labute approximate surface area is 214 Å². The van der Waals surface area contributed by atoms with Gasteiger partial charge in [0.2, 0.25) is 5.78 Å². The molecule has 1 aliphatic heterocycles. The van der Waals surface area contributed by atoms with Gasteiger partial charge in [-0.3, -0.25) is 4.79 Å². The predicted molar refractivity (Wildman–Crippen MR) is 135 cm³/mol. The van der Waals surface area contributed by atoms with Gasteiger partial charge in [0.15, 0.2) is 17.3 Å². The standard InChI is InChI=1S/C28H26O9/c1-15-18(37-28(30)25-19(31-2)8-7-9-20(25)32-3)11-10-17-26(29)24(36-27(15)17)13-16-12-22(34-5)23(35-6)14-21(16)33-4/h7-14H,1-6H3/b24-13-. The van der Waals surface area contributed by atoms with Gasteiger partial charge in [0, 0.05) is 17.2 Å². The molecule has 4 rings (SSSR count). The van der Waals surface area contributed by atoms with Crippen molar-refractivity contribution in [1.82, 2.24) is 0 Å². The lowest BCUT2D eigenvalue weighted by molar-refractivity contribution is 0.0726. The van der Waals surface area contributed by atoms with Crippen LogP contribution >= 0.6 is 0 Å². The third-order valence-electron chi connectivity index (χ3n) is 5.89. The summed E-state index contributed by atoms with van der Waals surface area (Å²) >= 11 is 0. The molecule has 3 aromatic rings. The number of ketones is 1. The minimum Gasteiger partial charge on any atom is -0.496 e. The molecule has 0 N–H and O–H groups in total. The van der Waals surface area contributed by atoms with Gasteiger partial charge in [0.1, 0.15) is 34.3 Å². The summed E-state index contributed by atoms with van der Waals surface area (Å²) in [5, 5.41) is 0. The number of esters is 1. The number of Topliss-reactive ketones (excluding diaryl/α,β-unsaturated/α-hetero) is 1. The van der Waals surface area contributed by atoms with Crippen LogP contribution in [-0.2, 0) is 0 Å². The van der Waals surface area contributed by atoms with E-state index in [9.17, 15) is 9.59 Å². The van der Waals surface area contributed by atoms with E-state index in [1.807, 2.05) is 0 Å². The molecule has 37 heavy (non-hydrogen) atoms. The number of carbonyl (C=O) groups is 2. The summed E-state index contributed by atoms with van der Waals surface area (Å²) in [4.78, 5) is 26.2. The van der Waals surface area contributed by atoms with E-state index in [1.54, 1.807) is 55.5 Å². The van der Waals surface area contributed by atoms with Gasteiger partial charge >= 0.3 is 5.97 Å². The average Bonchev–Trinajstić information content (AvgIpc) is 3.24. The Morgan fingerprint density at radius 3 is 1.95 bits per heavy atom. The smallest absolute Gasteiger partial charge is 0.351 e. The number of hydrogen-bond donors (Lipinski definition) is 0. The van der Waals surface area contributed by atoms with Crippen LogP contribution in [0, 0.1) is 6.92 Å². The van der Waals surface area contributed by atoms with Crippen molar-refractivity contribution >= 4 is 17.8 Å². The van der Waals surface area contributed by atoms with E-state index in [1.165, 1.54) is 35.5 Å². The zero-order valence-corrected chi connectivity index (χ0v) is 21.3. The summed E-state index contributed by atoms with van der Waals surface area (Å²) in [6.07, 6.45) is 1.56. The van der Waals surface area contributed by atoms with Crippen molar-refractivity contribution in [2.45, 2.75) is 6.92 Å². The van der Waals surface area contributed by atoms with Crippen molar-refractivity contribution in [3.8, 4) is 40.2 Å². The Balaban J connectivity index is 1.67. The van der Waals surface area contributed by atoms with Crippen LogP contribution in [0.25, 0.3) is 6.08 Å². The van der Waals surface area contributed by atoms with E-state index in [-0.39, 0.29) is 22.9 Å². The lowest BCUT2D eigenvalue weighted by Gasteiger charge is -2.14. The lowest BCUT2D eigenvalue weighted by Crippen LogP contribution is -2.12. The molecule has 9 heteroatoms. The molecule has 192 valence electrons. The van der Waals surface area contributed by atoms with Gasteiger partial charge in [-0.15, -0.1) is 0 Å². The average molecular weight is 507 g/mol. The summed E-state index contributed by atoms with van der Waals surface area (Å²) in [6, 6.07) is 11.4. The number of allylic oxidation sites excluding steroid dienone is 1. The van der Waals surface area contributed by atoms with Gasteiger partial charge in [0.25, 0.3) is 0 Å². The second-order valence-corrected chi connectivity index (χ2v) is 7.88. The van der Waals surface area contributed by atoms with Gasteiger partial charge in [-0.1, -0.05) is 6.07 Å². The quantitative estimate of drug-likeness (QED) is 0.241. The van der Waals surface area contributed by atoms with Gasteiger partial charge < -0.3 is 33.2 Å². The summed E-state index contributed by atoms with van der Waals surface area (Å²) in [5.74, 6) is 1.65. The van der Waals surface area contributed by atoms with Crippen LogP contribution in [0.5, 0.6) is 40.2 Å². The van der Waals surface area contributed by atoms with Crippen molar-refractivity contribution in [2.75, 3.05) is 35.5 Å². The van der Waals surface area contributed by atoms with E-state index in [4.69, 9.17) is 33.2 Å². The fourth-order valence-electron chi connectivity index (χ4n) is 3.99. The first-order chi connectivity index (χ1) is 17.9. The van der Waals surface area contributed by atoms with E-state index in [0.29, 0.717) is 51.2 Å². The Bertz CT molecular complexity index is 1380. The van der Waals surface area contributed by atoms with Crippen molar-refractivity contribution < 1.29 is 42.7 Å². The normalized spacial score (nSPS) is 13.0. The number of fused-ring (bicyclic) bond motifs is 1. The number of carbonyl (C=O) groups excluding carboxylic acids is 2. The number of methoxy groups -OCH3 is 5. The second kappa shape index (κ2) is 10.5. The molecule has 0 bridgehead atoms. The van der Waals surface area contributed by atoms with Crippen LogP contribution in [0.4, 0.5) is 0 Å². The molecule has 1 heterocycles. The maximum Gasteiger partial charge on any atom is 0.351 e. The van der Waals surface area contributed by atoms with Gasteiger partial charge in [-0.05, 0) is 43.3 Å². The Hall–Kier alpha value is -4.66.